The summed E-state index contributed by atoms with van der Waals surface area (Å²) in [4.78, 5) is 19.0. The summed E-state index contributed by atoms with van der Waals surface area (Å²) in [6.07, 6.45) is 3.36. The van der Waals surface area contributed by atoms with Crippen LogP contribution in [0.2, 0.25) is 5.15 Å². The maximum atomic E-state index is 11.9. The first kappa shape index (κ1) is 12.7. The molecule has 0 aliphatic heterocycles. The Balaban J connectivity index is 1.69. The first-order valence-electron chi connectivity index (χ1n) is 6.18. The quantitative estimate of drug-likeness (QED) is 0.726. The van der Waals surface area contributed by atoms with E-state index < -0.39 is 0 Å². The maximum Gasteiger partial charge on any atom is 0.253 e. The van der Waals surface area contributed by atoms with Gasteiger partial charge in [-0.1, -0.05) is 17.7 Å². The Kier molecular flexibility index (Phi) is 3.39. The van der Waals surface area contributed by atoms with E-state index in [9.17, 15) is 4.79 Å². The Labute approximate surface area is 120 Å². The van der Waals surface area contributed by atoms with Gasteiger partial charge < -0.3 is 10.3 Å². The standard InChI is InChI=1S/C15H12ClN3O/c16-14-4-2-12(9-18-14)15(20)19-8-10-1-3-13-11(7-10)5-6-17-13/h1-7,9,17H,8H2,(H,19,20). The van der Waals surface area contributed by atoms with Crippen molar-refractivity contribution in [1.29, 1.82) is 0 Å². The van der Waals surface area contributed by atoms with E-state index in [1.54, 1.807) is 12.1 Å². The Morgan fingerprint density at radius 2 is 2.15 bits per heavy atom. The zero-order chi connectivity index (χ0) is 13.9. The average Bonchev–Trinajstić information content (AvgIpc) is 2.93. The molecule has 2 N–H and O–H groups in total. The van der Waals surface area contributed by atoms with Crippen LogP contribution in [-0.4, -0.2) is 15.9 Å². The van der Waals surface area contributed by atoms with E-state index in [0.717, 1.165) is 16.5 Å². The number of fused-ring (bicyclic) bond motifs is 1. The van der Waals surface area contributed by atoms with Gasteiger partial charge in [-0.3, -0.25) is 4.79 Å². The van der Waals surface area contributed by atoms with Crippen LogP contribution in [0.1, 0.15) is 15.9 Å². The molecule has 0 fully saturated rings. The molecule has 1 aromatic carbocycles. The number of carbonyl (C=O) groups is 1. The molecule has 2 heterocycles. The highest BCUT2D eigenvalue weighted by atomic mass is 35.5. The van der Waals surface area contributed by atoms with Crippen molar-refractivity contribution in [2.75, 3.05) is 0 Å². The Morgan fingerprint density at radius 3 is 2.95 bits per heavy atom. The predicted octanol–water partition coefficient (Wildman–Crippen LogP) is 3.15. The number of halogens is 1. The van der Waals surface area contributed by atoms with Gasteiger partial charge in [-0.15, -0.1) is 0 Å². The number of nitrogens with one attached hydrogen (secondary N) is 2. The van der Waals surface area contributed by atoms with Gasteiger partial charge in [-0.25, -0.2) is 4.98 Å². The molecule has 0 aliphatic rings. The minimum absolute atomic E-state index is 0.164. The maximum absolute atomic E-state index is 11.9. The van der Waals surface area contributed by atoms with Crippen molar-refractivity contribution in [1.82, 2.24) is 15.3 Å². The second-order valence-electron chi connectivity index (χ2n) is 4.45. The van der Waals surface area contributed by atoms with Crippen LogP contribution < -0.4 is 5.32 Å². The fourth-order valence-electron chi connectivity index (χ4n) is 2.01. The van der Waals surface area contributed by atoms with Crippen molar-refractivity contribution in [3.63, 3.8) is 0 Å². The molecule has 1 amide bonds. The topological polar surface area (TPSA) is 57.8 Å². The second kappa shape index (κ2) is 5.35. The number of aromatic nitrogens is 2. The number of pyridine rings is 1. The van der Waals surface area contributed by atoms with Gasteiger partial charge in [0.25, 0.3) is 5.91 Å². The van der Waals surface area contributed by atoms with Crippen molar-refractivity contribution in [3.05, 3.63) is 65.1 Å². The lowest BCUT2D eigenvalue weighted by Crippen LogP contribution is -2.22. The highest BCUT2D eigenvalue weighted by Crippen LogP contribution is 2.14. The SMILES string of the molecule is O=C(NCc1ccc2[nH]ccc2c1)c1ccc(Cl)nc1. The number of hydrogen-bond donors (Lipinski definition) is 2. The Morgan fingerprint density at radius 1 is 1.25 bits per heavy atom. The summed E-state index contributed by atoms with van der Waals surface area (Å²) >= 11 is 5.69. The lowest BCUT2D eigenvalue weighted by Gasteiger charge is -2.05. The normalized spacial score (nSPS) is 10.7. The first-order chi connectivity index (χ1) is 9.72. The molecule has 3 rings (SSSR count). The molecule has 0 spiro atoms. The van der Waals surface area contributed by atoms with E-state index in [0.29, 0.717) is 17.3 Å². The number of carbonyl (C=O) groups excluding carboxylic acids is 1. The molecule has 100 valence electrons. The smallest absolute Gasteiger partial charge is 0.253 e. The number of hydrogen-bond acceptors (Lipinski definition) is 2. The monoisotopic (exact) mass is 285 g/mol. The van der Waals surface area contributed by atoms with Crippen molar-refractivity contribution in [2.24, 2.45) is 0 Å². The van der Waals surface area contributed by atoms with Gasteiger partial charge in [0.05, 0.1) is 5.56 Å². The van der Waals surface area contributed by atoms with Crippen LogP contribution in [0.5, 0.6) is 0 Å². The predicted molar refractivity (Wildman–Crippen MR) is 78.7 cm³/mol. The van der Waals surface area contributed by atoms with Crippen molar-refractivity contribution in [2.45, 2.75) is 6.54 Å². The molecular formula is C15H12ClN3O. The lowest BCUT2D eigenvalue weighted by molar-refractivity contribution is 0.0950. The molecular weight excluding hydrogens is 274 g/mol. The molecule has 3 aromatic rings. The van der Waals surface area contributed by atoms with Gasteiger partial charge in [0, 0.05) is 24.5 Å². The minimum atomic E-state index is -0.164. The van der Waals surface area contributed by atoms with Crippen molar-refractivity contribution < 1.29 is 4.79 Å². The van der Waals surface area contributed by atoms with Crippen LogP contribution >= 0.6 is 11.6 Å². The van der Waals surface area contributed by atoms with E-state index in [1.165, 1.54) is 6.20 Å². The van der Waals surface area contributed by atoms with Gasteiger partial charge in [-0.05, 0) is 41.3 Å². The summed E-state index contributed by atoms with van der Waals surface area (Å²) in [6, 6.07) is 11.3. The van der Waals surface area contributed by atoms with Crippen LogP contribution in [0, 0.1) is 0 Å². The third-order valence-electron chi connectivity index (χ3n) is 3.06. The zero-order valence-electron chi connectivity index (χ0n) is 10.6. The number of amides is 1. The van der Waals surface area contributed by atoms with E-state index >= 15 is 0 Å². The third-order valence-corrected chi connectivity index (χ3v) is 3.28. The number of rotatable bonds is 3. The number of H-pyrrole nitrogens is 1. The summed E-state index contributed by atoms with van der Waals surface area (Å²) < 4.78 is 0. The van der Waals surface area contributed by atoms with E-state index in [1.807, 2.05) is 30.5 Å². The minimum Gasteiger partial charge on any atom is -0.361 e. The fraction of sp³-hybridized carbons (Fsp3) is 0.0667. The number of benzene rings is 1. The largest absolute Gasteiger partial charge is 0.361 e. The average molecular weight is 286 g/mol. The van der Waals surface area contributed by atoms with E-state index in [4.69, 9.17) is 11.6 Å². The van der Waals surface area contributed by atoms with Crippen molar-refractivity contribution >= 4 is 28.4 Å². The molecule has 0 atom stereocenters. The van der Waals surface area contributed by atoms with Crippen molar-refractivity contribution in [3.8, 4) is 0 Å². The van der Waals surface area contributed by atoms with Gasteiger partial charge in [0.15, 0.2) is 0 Å². The summed E-state index contributed by atoms with van der Waals surface area (Å²) in [5, 5.41) is 4.36. The fourth-order valence-corrected chi connectivity index (χ4v) is 2.12. The highest BCUT2D eigenvalue weighted by molar-refractivity contribution is 6.29. The van der Waals surface area contributed by atoms with E-state index in [2.05, 4.69) is 15.3 Å². The molecule has 0 saturated heterocycles. The third kappa shape index (κ3) is 2.65. The highest BCUT2D eigenvalue weighted by Gasteiger charge is 2.06. The Hall–Kier alpha value is -2.33. The van der Waals surface area contributed by atoms with Gasteiger partial charge >= 0.3 is 0 Å². The molecule has 0 unspecified atom stereocenters. The van der Waals surface area contributed by atoms with Crippen LogP contribution in [0.3, 0.4) is 0 Å². The summed E-state index contributed by atoms with van der Waals surface area (Å²) in [5.41, 5.74) is 2.63. The molecule has 0 bridgehead atoms. The van der Waals surface area contributed by atoms with Crippen LogP contribution in [0.25, 0.3) is 10.9 Å². The Bertz CT molecular complexity index is 749. The second-order valence-corrected chi connectivity index (χ2v) is 4.84. The first-order valence-corrected chi connectivity index (χ1v) is 6.56. The summed E-state index contributed by atoms with van der Waals surface area (Å²) in [6.45, 7) is 0.475. The van der Waals surface area contributed by atoms with Crippen LogP contribution in [-0.2, 0) is 6.54 Å². The summed E-state index contributed by atoms with van der Waals surface area (Å²) in [5.74, 6) is -0.164. The van der Waals surface area contributed by atoms with Gasteiger partial charge in [-0.2, -0.15) is 0 Å². The summed E-state index contributed by atoms with van der Waals surface area (Å²) in [7, 11) is 0. The molecule has 0 radical (unpaired) electrons. The molecule has 0 aliphatic carbocycles. The number of nitrogens with zero attached hydrogens (tertiary/aromatic N) is 1. The number of aromatic amines is 1. The molecule has 4 nitrogen and oxygen atoms in total. The van der Waals surface area contributed by atoms with E-state index in [-0.39, 0.29) is 5.91 Å². The molecule has 0 saturated carbocycles. The van der Waals surface area contributed by atoms with Crippen LogP contribution in [0.15, 0.2) is 48.8 Å². The van der Waals surface area contributed by atoms with Gasteiger partial charge in [0.2, 0.25) is 0 Å². The molecule has 5 heteroatoms. The van der Waals surface area contributed by atoms with Gasteiger partial charge in [0.1, 0.15) is 5.15 Å². The van der Waals surface area contributed by atoms with Crippen LogP contribution in [0.4, 0.5) is 0 Å². The molecule has 2 aromatic heterocycles. The lowest BCUT2D eigenvalue weighted by atomic mass is 10.1. The zero-order valence-corrected chi connectivity index (χ0v) is 11.3. The molecule has 20 heavy (non-hydrogen) atoms.